The van der Waals surface area contributed by atoms with E-state index in [0.717, 1.165) is 0 Å². The molecule has 0 aromatic carbocycles. The fourth-order valence-electron chi connectivity index (χ4n) is 1.03. The minimum Gasteiger partial charge on any atom is -0.331 e. The topological polar surface area (TPSA) is 70.7 Å². The Morgan fingerprint density at radius 3 is 2.93 bits per heavy atom. The Morgan fingerprint density at radius 1 is 1.40 bits per heavy atom. The number of pyridine rings is 1. The number of nitrogens with zero attached hydrogens (tertiary/aromatic N) is 2. The highest BCUT2D eigenvalue weighted by Gasteiger charge is 2.08. The molecule has 6 heteroatoms. The summed E-state index contributed by atoms with van der Waals surface area (Å²) in [7, 11) is 0. The zero-order valence-corrected chi connectivity index (χ0v) is 8.32. The van der Waals surface area contributed by atoms with Crippen LogP contribution in [-0.2, 0) is 0 Å². The maximum atomic E-state index is 11.6. The van der Waals surface area contributed by atoms with E-state index in [0.29, 0.717) is 11.0 Å². The lowest BCUT2D eigenvalue weighted by atomic mass is 10.3. The SMILES string of the molecule is O=C(Nc1ncc[nH]1)c1cc(Cl)ccn1. The third-order valence-corrected chi connectivity index (χ3v) is 1.92. The molecule has 0 spiro atoms. The summed E-state index contributed by atoms with van der Waals surface area (Å²) in [6.07, 6.45) is 4.63. The molecule has 0 aliphatic heterocycles. The van der Waals surface area contributed by atoms with Gasteiger partial charge in [-0.2, -0.15) is 0 Å². The minimum absolute atomic E-state index is 0.249. The first-order valence-electron chi connectivity index (χ1n) is 4.18. The van der Waals surface area contributed by atoms with Crippen LogP contribution in [0.25, 0.3) is 0 Å². The maximum Gasteiger partial charge on any atom is 0.276 e. The molecule has 0 bridgehead atoms. The van der Waals surface area contributed by atoms with E-state index in [9.17, 15) is 4.79 Å². The van der Waals surface area contributed by atoms with Gasteiger partial charge in [0.1, 0.15) is 5.69 Å². The first-order valence-corrected chi connectivity index (χ1v) is 4.56. The number of rotatable bonds is 2. The van der Waals surface area contributed by atoms with Gasteiger partial charge in [-0.3, -0.25) is 15.1 Å². The quantitative estimate of drug-likeness (QED) is 0.813. The largest absolute Gasteiger partial charge is 0.331 e. The van der Waals surface area contributed by atoms with Crippen LogP contribution in [0.3, 0.4) is 0 Å². The normalized spacial score (nSPS) is 9.93. The molecule has 0 aliphatic rings. The number of imidazole rings is 1. The Bertz CT molecular complexity index is 469. The van der Waals surface area contributed by atoms with Gasteiger partial charge in [0.25, 0.3) is 5.91 Å². The molecule has 2 N–H and O–H groups in total. The van der Waals surface area contributed by atoms with Crippen molar-refractivity contribution in [1.82, 2.24) is 15.0 Å². The zero-order chi connectivity index (χ0) is 10.7. The van der Waals surface area contributed by atoms with E-state index >= 15 is 0 Å². The summed E-state index contributed by atoms with van der Waals surface area (Å²) in [5.74, 6) is 0.0224. The number of H-pyrrole nitrogens is 1. The highest BCUT2D eigenvalue weighted by molar-refractivity contribution is 6.30. The molecule has 0 saturated carbocycles. The van der Waals surface area contributed by atoms with Crippen LogP contribution in [-0.4, -0.2) is 20.9 Å². The molecule has 2 rings (SSSR count). The zero-order valence-electron chi connectivity index (χ0n) is 7.57. The molecule has 1 amide bonds. The summed E-state index contributed by atoms with van der Waals surface area (Å²) in [6.45, 7) is 0. The summed E-state index contributed by atoms with van der Waals surface area (Å²) < 4.78 is 0. The molecule has 0 fully saturated rings. The molecule has 2 aromatic rings. The molecular formula is C9H7ClN4O. The molecule has 0 saturated heterocycles. The molecular weight excluding hydrogens is 216 g/mol. The van der Waals surface area contributed by atoms with Crippen LogP contribution in [0.1, 0.15) is 10.5 Å². The Balaban J connectivity index is 2.15. The highest BCUT2D eigenvalue weighted by atomic mass is 35.5. The van der Waals surface area contributed by atoms with E-state index in [1.807, 2.05) is 0 Å². The van der Waals surface area contributed by atoms with Crippen molar-refractivity contribution in [3.8, 4) is 0 Å². The van der Waals surface area contributed by atoms with Crippen LogP contribution in [0.5, 0.6) is 0 Å². The van der Waals surface area contributed by atoms with Gasteiger partial charge in [0.15, 0.2) is 0 Å². The van der Waals surface area contributed by atoms with Gasteiger partial charge in [-0.15, -0.1) is 0 Å². The number of hydrogen-bond donors (Lipinski definition) is 2. The fraction of sp³-hybridized carbons (Fsp3) is 0. The predicted octanol–water partition coefficient (Wildman–Crippen LogP) is 1.71. The standard InChI is InChI=1S/C9H7ClN4O/c10-6-1-2-11-7(5-6)8(15)14-9-12-3-4-13-9/h1-5H,(H2,12,13,14,15). The molecule has 2 heterocycles. The fourth-order valence-corrected chi connectivity index (χ4v) is 1.19. The second kappa shape index (κ2) is 4.10. The maximum absolute atomic E-state index is 11.6. The first kappa shape index (κ1) is 9.67. The van der Waals surface area contributed by atoms with Crippen LogP contribution in [0.4, 0.5) is 5.95 Å². The third-order valence-electron chi connectivity index (χ3n) is 1.68. The van der Waals surface area contributed by atoms with Crippen molar-refractivity contribution in [3.63, 3.8) is 0 Å². The number of nitrogens with one attached hydrogen (secondary N) is 2. The lowest BCUT2D eigenvalue weighted by Crippen LogP contribution is -2.14. The Morgan fingerprint density at radius 2 is 2.27 bits per heavy atom. The van der Waals surface area contributed by atoms with Gasteiger partial charge in [0.2, 0.25) is 5.95 Å². The number of carbonyl (C=O) groups excluding carboxylic acids is 1. The third kappa shape index (κ3) is 2.32. The van der Waals surface area contributed by atoms with Crippen LogP contribution < -0.4 is 5.32 Å². The predicted molar refractivity (Wildman–Crippen MR) is 55.8 cm³/mol. The lowest BCUT2D eigenvalue weighted by Gasteiger charge is -2.00. The van der Waals surface area contributed by atoms with Gasteiger partial charge >= 0.3 is 0 Å². The minimum atomic E-state index is -0.354. The number of aromatic nitrogens is 3. The summed E-state index contributed by atoms with van der Waals surface area (Å²) in [5.41, 5.74) is 0.249. The van der Waals surface area contributed by atoms with Crippen molar-refractivity contribution in [2.24, 2.45) is 0 Å². The number of anilines is 1. The van der Waals surface area contributed by atoms with Gasteiger partial charge in [-0.05, 0) is 12.1 Å². The Hall–Kier alpha value is -1.88. The van der Waals surface area contributed by atoms with Crippen molar-refractivity contribution < 1.29 is 4.79 Å². The van der Waals surface area contributed by atoms with Crippen molar-refractivity contribution in [3.05, 3.63) is 41.4 Å². The van der Waals surface area contributed by atoms with E-state index in [-0.39, 0.29) is 11.6 Å². The van der Waals surface area contributed by atoms with Gasteiger partial charge < -0.3 is 4.98 Å². The molecule has 2 aromatic heterocycles. The van der Waals surface area contributed by atoms with E-state index in [4.69, 9.17) is 11.6 Å². The molecule has 0 atom stereocenters. The molecule has 15 heavy (non-hydrogen) atoms. The van der Waals surface area contributed by atoms with Crippen molar-refractivity contribution in [2.75, 3.05) is 5.32 Å². The second-order valence-corrected chi connectivity index (χ2v) is 3.19. The number of amides is 1. The van der Waals surface area contributed by atoms with Crippen LogP contribution in [0, 0.1) is 0 Å². The molecule has 0 radical (unpaired) electrons. The Kier molecular flexibility index (Phi) is 2.64. The molecule has 76 valence electrons. The summed E-state index contributed by atoms with van der Waals surface area (Å²) in [6, 6.07) is 3.09. The van der Waals surface area contributed by atoms with Gasteiger partial charge in [0.05, 0.1) is 0 Å². The van der Waals surface area contributed by atoms with E-state index in [2.05, 4.69) is 20.3 Å². The van der Waals surface area contributed by atoms with Crippen molar-refractivity contribution >= 4 is 23.5 Å². The molecule has 0 aliphatic carbocycles. The average Bonchev–Trinajstić information content (AvgIpc) is 2.70. The second-order valence-electron chi connectivity index (χ2n) is 2.75. The molecule has 0 unspecified atom stereocenters. The van der Waals surface area contributed by atoms with Gasteiger partial charge in [-0.25, -0.2) is 4.98 Å². The van der Waals surface area contributed by atoms with Crippen LogP contribution in [0.15, 0.2) is 30.7 Å². The van der Waals surface area contributed by atoms with Crippen molar-refractivity contribution in [1.29, 1.82) is 0 Å². The van der Waals surface area contributed by atoms with Crippen LogP contribution >= 0.6 is 11.6 Å². The first-order chi connectivity index (χ1) is 7.25. The lowest BCUT2D eigenvalue weighted by molar-refractivity contribution is 0.102. The van der Waals surface area contributed by atoms with Crippen LogP contribution in [0.2, 0.25) is 5.02 Å². The summed E-state index contributed by atoms with van der Waals surface area (Å²) in [4.78, 5) is 22.1. The van der Waals surface area contributed by atoms with E-state index in [1.54, 1.807) is 18.5 Å². The number of aromatic amines is 1. The smallest absolute Gasteiger partial charge is 0.276 e. The molecule has 5 nitrogen and oxygen atoms in total. The van der Waals surface area contributed by atoms with E-state index in [1.165, 1.54) is 12.3 Å². The monoisotopic (exact) mass is 222 g/mol. The summed E-state index contributed by atoms with van der Waals surface area (Å²) >= 11 is 5.73. The highest BCUT2D eigenvalue weighted by Crippen LogP contribution is 2.09. The Labute approximate surface area is 90.5 Å². The summed E-state index contributed by atoms with van der Waals surface area (Å²) in [5, 5.41) is 3.01. The van der Waals surface area contributed by atoms with Gasteiger partial charge in [-0.1, -0.05) is 11.6 Å². The van der Waals surface area contributed by atoms with Crippen molar-refractivity contribution in [2.45, 2.75) is 0 Å². The number of carbonyl (C=O) groups is 1. The van der Waals surface area contributed by atoms with Gasteiger partial charge in [0, 0.05) is 23.6 Å². The number of hydrogen-bond acceptors (Lipinski definition) is 3. The number of halogens is 1. The van der Waals surface area contributed by atoms with E-state index < -0.39 is 0 Å². The average molecular weight is 223 g/mol.